The number of carbonyl (C=O) groups excluding carboxylic acids is 1. The predicted octanol–water partition coefficient (Wildman–Crippen LogP) is 4.08. The van der Waals surface area contributed by atoms with Gasteiger partial charge in [-0.25, -0.2) is 0 Å². The van der Waals surface area contributed by atoms with Crippen molar-refractivity contribution in [2.45, 2.75) is 33.3 Å². The average Bonchev–Trinajstić information content (AvgIpc) is 2.53. The van der Waals surface area contributed by atoms with Crippen molar-refractivity contribution in [3.05, 3.63) is 64.2 Å². The fraction of sp³-hybridized carbons (Fsp3) is 0.316. The molecule has 0 fully saturated rings. The van der Waals surface area contributed by atoms with E-state index in [1.54, 1.807) is 6.92 Å². The van der Waals surface area contributed by atoms with Gasteiger partial charge in [0.2, 0.25) is 0 Å². The van der Waals surface area contributed by atoms with E-state index >= 15 is 0 Å². The second-order valence-electron chi connectivity index (χ2n) is 5.63. The molecule has 1 amide bonds. The topological polar surface area (TPSA) is 38.3 Å². The molecular weight excluding hydrogens is 310 g/mol. The number of amides is 1. The molecule has 0 aliphatic heterocycles. The largest absolute Gasteiger partial charge is 0.481 e. The minimum absolute atomic E-state index is 0.111. The number of halogens is 1. The lowest BCUT2D eigenvalue weighted by Gasteiger charge is -2.17. The summed E-state index contributed by atoms with van der Waals surface area (Å²) in [4.78, 5) is 12.1. The minimum Gasteiger partial charge on any atom is -0.481 e. The van der Waals surface area contributed by atoms with Gasteiger partial charge in [-0.1, -0.05) is 35.9 Å². The Morgan fingerprint density at radius 3 is 2.57 bits per heavy atom. The standard InChI is InChI=1S/C19H22ClNO2/c1-13-5-4-6-18(14(13)2)23-15(3)19(22)21-12-11-16-7-9-17(20)10-8-16/h4-10,15H,11-12H2,1-3H3,(H,21,22)/t15-/m1/s1. The number of hydrogen-bond acceptors (Lipinski definition) is 2. The summed E-state index contributed by atoms with van der Waals surface area (Å²) in [7, 11) is 0. The van der Waals surface area contributed by atoms with Crippen LogP contribution in [0, 0.1) is 13.8 Å². The van der Waals surface area contributed by atoms with Crippen LogP contribution in [-0.2, 0) is 11.2 Å². The number of benzene rings is 2. The smallest absolute Gasteiger partial charge is 0.260 e. The highest BCUT2D eigenvalue weighted by atomic mass is 35.5. The Labute approximate surface area is 142 Å². The Hall–Kier alpha value is -2.00. The molecule has 23 heavy (non-hydrogen) atoms. The highest BCUT2D eigenvalue weighted by molar-refractivity contribution is 6.30. The van der Waals surface area contributed by atoms with Crippen LogP contribution in [0.15, 0.2) is 42.5 Å². The molecule has 0 spiro atoms. The van der Waals surface area contributed by atoms with Crippen LogP contribution in [0.3, 0.4) is 0 Å². The molecule has 2 aromatic rings. The van der Waals surface area contributed by atoms with Gasteiger partial charge >= 0.3 is 0 Å². The number of aryl methyl sites for hydroxylation is 1. The fourth-order valence-corrected chi connectivity index (χ4v) is 2.35. The summed E-state index contributed by atoms with van der Waals surface area (Å²) >= 11 is 5.85. The van der Waals surface area contributed by atoms with Gasteiger partial charge < -0.3 is 10.1 Å². The van der Waals surface area contributed by atoms with Crippen LogP contribution in [0.2, 0.25) is 5.02 Å². The van der Waals surface area contributed by atoms with Crippen molar-refractivity contribution >= 4 is 17.5 Å². The van der Waals surface area contributed by atoms with Gasteiger partial charge in [-0.2, -0.15) is 0 Å². The van der Waals surface area contributed by atoms with Crippen molar-refractivity contribution in [2.75, 3.05) is 6.54 Å². The van der Waals surface area contributed by atoms with Gasteiger partial charge in [-0.3, -0.25) is 4.79 Å². The molecule has 2 aromatic carbocycles. The van der Waals surface area contributed by atoms with Crippen LogP contribution in [0.25, 0.3) is 0 Å². The second-order valence-corrected chi connectivity index (χ2v) is 6.06. The van der Waals surface area contributed by atoms with Crippen LogP contribution < -0.4 is 10.1 Å². The minimum atomic E-state index is -0.527. The SMILES string of the molecule is Cc1cccc(O[C@H](C)C(=O)NCCc2ccc(Cl)cc2)c1C. The predicted molar refractivity (Wildman–Crippen MR) is 94.2 cm³/mol. The quantitative estimate of drug-likeness (QED) is 0.866. The number of hydrogen-bond donors (Lipinski definition) is 1. The molecule has 2 rings (SSSR count). The van der Waals surface area contributed by atoms with Crippen LogP contribution in [0.1, 0.15) is 23.6 Å². The van der Waals surface area contributed by atoms with E-state index in [-0.39, 0.29) is 5.91 Å². The lowest BCUT2D eigenvalue weighted by atomic mass is 10.1. The number of ether oxygens (including phenoxy) is 1. The molecule has 0 unspecified atom stereocenters. The molecule has 0 aliphatic carbocycles. The summed E-state index contributed by atoms with van der Waals surface area (Å²) in [6.45, 7) is 6.36. The first-order valence-corrected chi connectivity index (χ1v) is 8.10. The lowest BCUT2D eigenvalue weighted by molar-refractivity contribution is -0.127. The maximum absolute atomic E-state index is 12.1. The third-order valence-corrected chi connectivity index (χ3v) is 4.11. The zero-order chi connectivity index (χ0) is 16.8. The van der Waals surface area contributed by atoms with Gasteiger partial charge in [0.25, 0.3) is 5.91 Å². The van der Waals surface area contributed by atoms with Crippen LogP contribution in [-0.4, -0.2) is 18.6 Å². The zero-order valence-corrected chi connectivity index (χ0v) is 14.5. The van der Waals surface area contributed by atoms with Crippen molar-refractivity contribution < 1.29 is 9.53 Å². The number of rotatable bonds is 6. The van der Waals surface area contributed by atoms with E-state index in [0.29, 0.717) is 11.6 Å². The van der Waals surface area contributed by atoms with Crippen molar-refractivity contribution in [1.82, 2.24) is 5.32 Å². The summed E-state index contributed by atoms with van der Waals surface area (Å²) < 4.78 is 5.78. The Bertz CT molecular complexity index is 668. The highest BCUT2D eigenvalue weighted by Crippen LogP contribution is 2.21. The molecule has 0 saturated heterocycles. The van der Waals surface area contributed by atoms with Crippen LogP contribution in [0.4, 0.5) is 0 Å². The molecule has 3 nitrogen and oxygen atoms in total. The summed E-state index contributed by atoms with van der Waals surface area (Å²) in [6, 6.07) is 13.5. The second kappa shape index (κ2) is 8.02. The summed E-state index contributed by atoms with van der Waals surface area (Å²) in [5.41, 5.74) is 3.35. The highest BCUT2D eigenvalue weighted by Gasteiger charge is 2.15. The van der Waals surface area contributed by atoms with Gasteiger partial charge in [0.15, 0.2) is 6.10 Å². The Balaban J connectivity index is 1.83. The van der Waals surface area contributed by atoms with E-state index in [1.165, 1.54) is 0 Å². The fourth-order valence-electron chi connectivity index (χ4n) is 2.22. The Kier molecular flexibility index (Phi) is 6.05. The number of nitrogens with one attached hydrogen (secondary N) is 1. The van der Waals surface area contributed by atoms with Gasteiger partial charge in [0, 0.05) is 11.6 Å². The molecule has 0 bridgehead atoms. The first-order chi connectivity index (χ1) is 11.0. The van der Waals surface area contributed by atoms with E-state index in [1.807, 2.05) is 56.3 Å². The average molecular weight is 332 g/mol. The summed E-state index contributed by atoms with van der Waals surface area (Å²) in [5.74, 6) is 0.644. The molecule has 0 saturated carbocycles. The van der Waals surface area contributed by atoms with Gasteiger partial charge in [0.05, 0.1) is 0 Å². The van der Waals surface area contributed by atoms with Crippen molar-refractivity contribution in [3.8, 4) is 5.75 Å². The molecule has 0 radical (unpaired) electrons. The molecule has 1 N–H and O–H groups in total. The van der Waals surface area contributed by atoms with Crippen LogP contribution in [0.5, 0.6) is 5.75 Å². The zero-order valence-electron chi connectivity index (χ0n) is 13.7. The number of carbonyl (C=O) groups is 1. The normalized spacial score (nSPS) is 11.8. The third kappa shape index (κ3) is 5.00. The molecule has 1 atom stereocenters. The van der Waals surface area contributed by atoms with Crippen molar-refractivity contribution in [2.24, 2.45) is 0 Å². The molecule has 0 heterocycles. The van der Waals surface area contributed by atoms with Crippen molar-refractivity contribution in [3.63, 3.8) is 0 Å². The third-order valence-electron chi connectivity index (χ3n) is 3.85. The summed E-state index contributed by atoms with van der Waals surface area (Å²) in [6.07, 6.45) is 0.236. The molecule has 122 valence electrons. The van der Waals surface area contributed by atoms with Crippen molar-refractivity contribution in [1.29, 1.82) is 0 Å². The van der Waals surface area contributed by atoms with E-state index in [0.717, 1.165) is 28.9 Å². The molecular formula is C19H22ClNO2. The monoisotopic (exact) mass is 331 g/mol. The first kappa shape index (κ1) is 17.4. The van der Waals surface area contributed by atoms with E-state index in [2.05, 4.69) is 5.32 Å². The Morgan fingerprint density at radius 1 is 1.17 bits per heavy atom. The van der Waals surface area contributed by atoms with Gasteiger partial charge in [0.1, 0.15) is 5.75 Å². The first-order valence-electron chi connectivity index (χ1n) is 7.72. The van der Waals surface area contributed by atoms with Gasteiger partial charge in [-0.05, 0) is 62.1 Å². The summed E-state index contributed by atoms with van der Waals surface area (Å²) in [5, 5.41) is 3.62. The maximum atomic E-state index is 12.1. The van der Waals surface area contributed by atoms with E-state index < -0.39 is 6.10 Å². The van der Waals surface area contributed by atoms with E-state index in [4.69, 9.17) is 16.3 Å². The van der Waals surface area contributed by atoms with Crippen LogP contribution >= 0.6 is 11.6 Å². The van der Waals surface area contributed by atoms with E-state index in [9.17, 15) is 4.79 Å². The van der Waals surface area contributed by atoms with Gasteiger partial charge in [-0.15, -0.1) is 0 Å². The lowest BCUT2D eigenvalue weighted by Crippen LogP contribution is -2.37. The maximum Gasteiger partial charge on any atom is 0.260 e. The Morgan fingerprint density at radius 2 is 1.87 bits per heavy atom. The molecule has 0 aliphatic rings. The molecule has 4 heteroatoms. The molecule has 0 aromatic heterocycles.